The average Bonchev–Trinajstić information content (AvgIpc) is 2.32. The van der Waals surface area contributed by atoms with Crippen molar-refractivity contribution in [2.45, 2.75) is 13.8 Å². The summed E-state index contributed by atoms with van der Waals surface area (Å²) in [6, 6.07) is 9.58. The predicted octanol–water partition coefficient (Wildman–Crippen LogP) is 4.66. The monoisotopic (exact) mass is 262 g/mol. The number of hydrogen-bond acceptors (Lipinski definition) is 1. The summed E-state index contributed by atoms with van der Waals surface area (Å²) < 4.78 is 13.3. The van der Waals surface area contributed by atoms with Crippen LogP contribution in [0.2, 0.25) is 5.02 Å². The van der Waals surface area contributed by atoms with Crippen molar-refractivity contribution in [2.75, 3.05) is 0 Å². The fourth-order valence-corrected chi connectivity index (χ4v) is 2.00. The highest BCUT2D eigenvalue weighted by Gasteiger charge is 2.11. The van der Waals surface area contributed by atoms with Gasteiger partial charge in [-0.05, 0) is 54.8 Å². The van der Waals surface area contributed by atoms with E-state index in [4.69, 9.17) is 11.6 Å². The van der Waals surface area contributed by atoms with Gasteiger partial charge in [0.25, 0.3) is 0 Å². The zero-order valence-corrected chi connectivity index (χ0v) is 10.9. The second-order valence-corrected chi connectivity index (χ2v) is 4.62. The molecule has 0 atom stereocenters. The molecule has 0 N–H and O–H groups in total. The second-order valence-electron chi connectivity index (χ2n) is 4.21. The number of aryl methyl sites for hydroxylation is 1. The highest BCUT2D eigenvalue weighted by molar-refractivity contribution is 6.31. The Hall–Kier alpha value is -1.67. The summed E-state index contributed by atoms with van der Waals surface area (Å²) in [7, 11) is 0. The van der Waals surface area contributed by atoms with Gasteiger partial charge in [0.2, 0.25) is 0 Å². The van der Waals surface area contributed by atoms with Crippen LogP contribution in [0.5, 0.6) is 0 Å². The van der Waals surface area contributed by atoms with E-state index in [9.17, 15) is 9.18 Å². The van der Waals surface area contributed by atoms with Crippen LogP contribution >= 0.6 is 11.6 Å². The summed E-state index contributed by atoms with van der Waals surface area (Å²) in [5.74, 6) is -0.464. The number of halogens is 2. The maximum atomic E-state index is 13.3. The molecule has 0 aliphatic rings. The Kier molecular flexibility index (Phi) is 3.48. The number of carbonyl (C=O) groups is 1. The number of rotatable bonds is 2. The minimum atomic E-state index is -0.369. The number of hydrogen-bond donors (Lipinski definition) is 0. The number of carbonyl (C=O) groups excluding carboxylic acids is 1. The summed E-state index contributed by atoms with van der Waals surface area (Å²) in [5, 5.41) is 0.603. The first kappa shape index (κ1) is 12.8. The highest BCUT2D eigenvalue weighted by atomic mass is 35.5. The van der Waals surface area contributed by atoms with Crippen molar-refractivity contribution in [3.05, 3.63) is 58.4 Å². The van der Waals surface area contributed by atoms with Gasteiger partial charge in [0, 0.05) is 10.6 Å². The molecule has 1 nitrogen and oxygen atoms in total. The third-order valence-corrected chi connectivity index (χ3v) is 3.25. The first-order valence-electron chi connectivity index (χ1n) is 5.56. The molecule has 0 fully saturated rings. The van der Waals surface area contributed by atoms with Gasteiger partial charge in [-0.15, -0.1) is 0 Å². The van der Waals surface area contributed by atoms with Crippen LogP contribution in [0.3, 0.4) is 0 Å². The lowest BCUT2D eigenvalue weighted by Gasteiger charge is -2.09. The molecule has 0 bridgehead atoms. The SMILES string of the molecule is CC(=O)c1ccc(F)cc1-c1ccc(C)c(Cl)c1. The molecular formula is C15H12ClFO. The smallest absolute Gasteiger partial charge is 0.160 e. The van der Waals surface area contributed by atoms with Gasteiger partial charge in [-0.2, -0.15) is 0 Å². The zero-order valence-electron chi connectivity index (χ0n) is 10.1. The maximum absolute atomic E-state index is 13.3. The Balaban J connectivity index is 2.65. The number of Topliss-reactive ketones (excluding diaryl/α,β-unsaturated/α-hetero) is 1. The van der Waals surface area contributed by atoms with E-state index in [2.05, 4.69) is 0 Å². The fourth-order valence-electron chi connectivity index (χ4n) is 1.82. The van der Waals surface area contributed by atoms with Crippen molar-refractivity contribution in [1.82, 2.24) is 0 Å². The van der Waals surface area contributed by atoms with E-state index in [1.54, 1.807) is 6.07 Å². The summed E-state index contributed by atoms with van der Waals surface area (Å²) in [5.41, 5.74) is 2.76. The molecule has 0 saturated heterocycles. The van der Waals surface area contributed by atoms with Crippen molar-refractivity contribution >= 4 is 17.4 Å². The Labute approximate surface area is 110 Å². The molecule has 0 saturated carbocycles. The van der Waals surface area contributed by atoms with E-state index in [0.717, 1.165) is 11.1 Å². The molecule has 2 aromatic carbocycles. The van der Waals surface area contributed by atoms with E-state index < -0.39 is 0 Å². The lowest BCUT2D eigenvalue weighted by Crippen LogP contribution is -1.97. The van der Waals surface area contributed by atoms with Crippen molar-refractivity contribution < 1.29 is 9.18 Å². The van der Waals surface area contributed by atoms with Crippen LogP contribution in [-0.2, 0) is 0 Å². The fraction of sp³-hybridized carbons (Fsp3) is 0.133. The zero-order chi connectivity index (χ0) is 13.3. The first-order chi connectivity index (χ1) is 8.49. The summed E-state index contributed by atoms with van der Waals surface area (Å²) in [6.45, 7) is 3.36. The van der Waals surface area contributed by atoms with Crippen molar-refractivity contribution in [1.29, 1.82) is 0 Å². The van der Waals surface area contributed by atoms with Gasteiger partial charge in [0.15, 0.2) is 5.78 Å². The van der Waals surface area contributed by atoms with Gasteiger partial charge in [-0.25, -0.2) is 4.39 Å². The van der Waals surface area contributed by atoms with Crippen molar-refractivity contribution in [3.63, 3.8) is 0 Å². The van der Waals surface area contributed by atoms with Gasteiger partial charge in [0.1, 0.15) is 5.82 Å². The molecule has 0 radical (unpaired) electrons. The molecular weight excluding hydrogens is 251 g/mol. The quantitative estimate of drug-likeness (QED) is 0.720. The average molecular weight is 263 g/mol. The van der Waals surface area contributed by atoms with Gasteiger partial charge < -0.3 is 0 Å². The lowest BCUT2D eigenvalue weighted by molar-refractivity contribution is 0.101. The van der Waals surface area contributed by atoms with Gasteiger partial charge in [-0.1, -0.05) is 23.7 Å². The van der Waals surface area contributed by atoms with Crippen LogP contribution in [-0.4, -0.2) is 5.78 Å². The predicted molar refractivity (Wildman–Crippen MR) is 71.6 cm³/mol. The molecule has 2 aromatic rings. The van der Waals surface area contributed by atoms with E-state index in [1.165, 1.54) is 25.1 Å². The third kappa shape index (κ3) is 2.44. The minimum Gasteiger partial charge on any atom is -0.294 e. The molecule has 0 heterocycles. The van der Waals surface area contributed by atoms with Crippen LogP contribution in [0, 0.1) is 12.7 Å². The van der Waals surface area contributed by atoms with Crippen LogP contribution in [0.4, 0.5) is 4.39 Å². The molecule has 0 unspecified atom stereocenters. The Morgan fingerprint density at radius 1 is 1.17 bits per heavy atom. The molecule has 0 aliphatic heterocycles. The second kappa shape index (κ2) is 4.91. The maximum Gasteiger partial charge on any atom is 0.160 e. The van der Waals surface area contributed by atoms with Crippen LogP contribution in [0.1, 0.15) is 22.8 Å². The van der Waals surface area contributed by atoms with E-state index in [-0.39, 0.29) is 11.6 Å². The Bertz CT molecular complexity index is 620. The molecule has 18 heavy (non-hydrogen) atoms. The largest absolute Gasteiger partial charge is 0.294 e. The van der Waals surface area contributed by atoms with Gasteiger partial charge in [-0.3, -0.25) is 4.79 Å². The normalized spacial score (nSPS) is 10.4. The minimum absolute atomic E-state index is 0.0957. The van der Waals surface area contributed by atoms with Gasteiger partial charge >= 0.3 is 0 Å². The molecule has 92 valence electrons. The third-order valence-electron chi connectivity index (χ3n) is 2.84. The van der Waals surface area contributed by atoms with Crippen LogP contribution < -0.4 is 0 Å². The summed E-state index contributed by atoms with van der Waals surface area (Å²) in [4.78, 5) is 11.5. The number of benzene rings is 2. The lowest BCUT2D eigenvalue weighted by atomic mass is 9.96. The van der Waals surface area contributed by atoms with Gasteiger partial charge in [0.05, 0.1) is 0 Å². The Morgan fingerprint density at radius 2 is 1.89 bits per heavy atom. The molecule has 0 spiro atoms. The van der Waals surface area contributed by atoms with E-state index in [1.807, 2.05) is 19.1 Å². The molecule has 2 rings (SSSR count). The Morgan fingerprint density at radius 3 is 2.50 bits per heavy atom. The first-order valence-corrected chi connectivity index (χ1v) is 5.94. The van der Waals surface area contributed by atoms with Crippen molar-refractivity contribution in [2.24, 2.45) is 0 Å². The highest BCUT2D eigenvalue weighted by Crippen LogP contribution is 2.29. The molecule has 0 aromatic heterocycles. The summed E-state index contributed by atoms with van der Waals surface area (Å²) >= 11 is 6.06. The molecule has 3 heteroatoms. The molecule has 0 aliphatic carbocycles. The number of ketones is 1. The van der Waals surface area contributed by atoms with E-state index in [0.29, 0.717) is 16.1 Å². The van der Waals surface area contributed by atoms with Crippen LogP contribution in [0.15, 0.2) is 36.4 Å². The summed E-state index contributed by atoms with van der Waals surface area (Å²) in [6.07, 6.45) is 0. The topological polar surface area (TPSA) is 17.1 Å². The van der Waals surface area contributed by atoms with E-state index >= 15 is 0 Å². The standard InChI is InChI=1S/C15H12ClFO/c1-9-3-4-11(7-15(9)16)14-8-12(17)5-6-13(14)10(2)18/h3-8H,1-2H3. The molecule has 0 amide bonds. The van der Waals surface area contributed by atoms with Crippen LogP contribution in [0.25, 0.3) is 11.1 Å². The van der Waals surface area contributed by atoms with Crippen molar-refractivity contribution in [3.8, 4) is 11.1 Å².